The minimum absolute atomic E-state index is 0.0340. The third-order valence-electron chi connectivity index (χ3n) is 3.83. The molecule has 18 heavy (non-hydrogen) atoms. The SMILES string of the molecule is CC1CNCC(C(=O)NCC2CCS(=O)(=O)C2)C1. The van der Waals surface area contributed by atoms with Crippen molar-refractivity contribution in [3.63, 3.8) is 0 Å². The van der Waals surface area contributed by atoms with Crippen molar-refractivity contribution in [3.8, 4) is 0 Å². The van der Waals surface area contributed by atoms with Crippen LogP contribution in [0.25, 0.3) is 0 Å². The van der Waals surface area contributed by atoms with E-state index in [4.69, 9.17) is 0 Å². The first-order valence-corrected chi connectivity index (χ1v) is 8.47. The molecule has 0 spiro atoms. The van der Waals surface area contributed by atoms with Gasteiger partial charge in [-0.3, -0.25) is 4.79 Å². The van der Waals surface area contributed by atoms with Gasteiger partial charge in [-0.1, -0.05) is 6.92 Å². The lowest BCUT2D eigenvalue weighted by atomic mass is 9.91. The highest BCUT2D eigenvalue weighted by atomic mass is 32.2. The molecule has 0 aliphatic carbocycles. The Morgan fingerprint density at radius 1 is 1.39 bits per heavy atom. The van der Waals surface area contributed by atoms with E-state index in [1.807, 2.05) is 0 Å². The fraction of sp³-hybridized carbons (Fsp3) is 0.917. The number of rotatable bonds is 3. The Labute approximate surface area is 109 Å². The van der Waals surface area contributed by atoms with E-state index < -0.39 is 9.84 Å². The summed E-state index contributed by atoms with van der Waals surface area (Å²) in [7, 11) is -2.84. The van der Waals surface area contributed by atoms with Crippen molar-refractivity contribution in [2.75, 3.05) is 31.1 Å². The molecule has 5 nitrogen and oxygen atoms in total. The Morgan fingerprint density at radius 3 is 2.78 bits per heavy atom. The Balaban J connectivity index is 1.75. The van der Waals surface area contributed by atoms with Crippen LogP contribution in [0.1, 0.15) is 19.8 Å². The van der Waals surface area contributed by atoms with Crippen LogP contribution < -0.4 is 10.6 Å². The first kappa shape index (κ1) is 13.8. The summed E-state index contributed by atoms with van der Waals surface area (Å²) >= 11 is 0. The van der Waals surface area contributed by atoms with Crippen LogP contribution in [-0.4, -0.2) is 45.5 Å². The number of nitrogens with one attached hydrogen (secondary N) is 2. The van der Waals surface area contributed by atoms with Crippen molar-refractivity contribution in [1.29, 1.82) is 0 Å². The maximum Gasteiger partial charge on any atom is 0.224 e. The molecule has 1 amide bonds. The Bertz CT molecular complexity index is 408. The van der Waals surface area contributed by atoms with Gasteiger partial charge in [0, 0.05) is 13.1 Å². The van der Waals surface area contributed by atoms with Gasteiger partial charge < -0.3 is 10.6 Å². The van der Waals surface area contributed by atoms with E-state index in [1.54, 1.807) is 0 Å². The van der Waals surface area contributed by atoms with Crippen LogP contribution in [0.5, 0.6) is 0 Å². The smallest absolute Gasteiger partial charge is 0.224 e. The van der Waals surface area contributed by atoms with Gasteiger partial charge in [-0.15, -0.1) is 0 Å². The van der Waals surface area contributed by atoms with E-state index in [0.717, 1.165) is 19.5 Å². The lowest BCUT2D eigenvalue weighted by molar-refractivity contribution is -0.126. The van der Waals surface area contributed by atoms with Gasteiger partial charge >= 0.3 is 0 Å². The second-order valence-corrected chi connectivity index (χ2v) is 7.94. The van der Waals surface area contributed by atoms with Gasteiger partial charge in [0.25, 0.3) is 0 Å². The van der Waals surface area contributed by atoms with E-state index in [-0.39, 0.29) is 29.2 Å². The maximum atomic E-state index is 12.0. The van der Waals surface area contributed by atoms with Gasteiger partial charge in [0.15, 0.2) is 9.84 Å². The molecule has 2 aliphatic heterocycles. The summed E-state index contributed by atoms with van der Waals surface area (Å²) in [4.78, 5) is 12.0. The molecule has 2 heterocycles. The minimum atomic E-state index is -2.84. The average Bonchev–Trinajstić information content (AvgIpc) is 2.66. The Hall–Kier alpha value is -0.620. The lowest BCUT2D eigenvalue weighted by Crippen LogP contribution is -2.44. The van der Waals surface area contributed by atoms with Crippen LogP contribution in [0.3, 0.4) is 0 Å². The van der Waals surface area contributed by atoms with Crippen LogP contribution in [0.4, 0.5) is 0 Å². The second kappa shape index (κ2) is 5.57. The molecular weight excluding hydrogens is 252 g/mol. The zero-order valence-corrected chi connectivity index (χ0v) is 11.6. The number of hydrogen-bond acceptors (Lipinski definition) is 4. The summed E-state index contributed by atoms with van der Waals surface area (Å²) in [5, 5.41) is 6.16. The summed E-state index contributed by atoms with van der Waals surface area (Å²) in [5.41, 5.74) is 0. The van der Waals surface area contributed by atoms with E-state index in [0.29, 0.717) is 18.9 Å². The zero-order chi connectivity index (χ0) is 13.2. The van der Waals surface area contributed by atoms with E-state index >= 15 is 0 Å². The molecule has 2 N–H and O–H groups in total. The molecule has 2 fully saturated rings. The molecule has 0 aromatic rings. The van der Waals surface area contributed by atoms with E-state index in [9.17, 15) is 13.2 Å². The third-order valence-corrected chi connectivity index (χ3v) is 5.67. The Kier molecular flexibility index (Phi) is 4.27. The molecule has 0 bridgehead atoms. The van der Waals surface area contributed by atoms with Crippen molar-refractivity contribution in [3.05, 3.63) is 0 Å². The first-order valence-electron chi connectivity index (χ1n) is 6.65. The van der Waals surface area contributed by atoms with Crippen molar-refractivity contribution >= 4 is 15.7 Å². The van der Waals surface area contributed by atoms with Crippen LogP contribution in [-0.2, 0) is 14.6 Å². The highest BCUT2D eigenvalue weighted by Crippen LogP contribution is 2.19. The summed E-state index contributed by atoms with van der Waals surface area (Å²) in [5.74, 6) is 1.24. The van der Waals surface area contributed by atoms with E-state index in [2.05, 4.69) is 17.6 Å². The lowest BCUT2D eigenvalue weighted by Gasteiger charge is -2.27. The number of hydrogen-bond donors (Lipinski definition) is 2. The largest absolute Gasteiger partial charge is 0.356 e. The van der Waals surface area contributed by atoms with Gasteiger partial charge in [-0.2, -0.15) is 0 Å². The van der Waals surface area contributed by atoms with Crippen molar-refractivity contribution in [2.24, 2.45) is 17.8 Å². The van der Waals surface area contributed by atoms with E-state index in [1.165, 1.54) is 0 Å². The fourth-order valence-electron chi connectivity index (χ4n) is 2.78. The molecule has 2 rings (SSSR count). The summed E-state index contributed by atoms with van der Waals surface area (Å²) in [6, 6.07) is 0. The molecule has 104 valence electrons. The maximum absolute atomic E-state index is 12.0. The number of carbonyl (C=O) groups is 1. The van der Waals surface area contributed by atoms with Crippen molar-refractivity contribution in [2.45, 2.75) is 19.8 Å². The normalized spacial score (nSPS) is 35.3. The van der Waals surface area contributed by atoms with Crippen LogP contribution >= 0.6 is 0 Å². The Morgan fingerprint density at radius 2 is 2.17 bits per heavy atom. The summed E-state index contributed by atoms with van der Waals surface area (Å²) in [6.07, 6.45) is 1.60. The second-order valence-electron chi connectivity index (χ2n) is 5.71. The highest BCUT2D eigenvalue weighted by Gasteiger charge is 2.29. The van der Waals surface area contributed by atoms with Crippen LogP contribution in [0, 0.1) is 17.8 Å². The molecule has 0 saturated carbocycles. The molecule has 3 atom stereocenters. The van der Waals surface area contributed by atoms with Crippen molar-refractivity contribution in [1.82, 2.24) is 10.6 Å². The molecule has 2 saturated heterocycles. The number of amides is 1. The average molecular weight is 274 g/mol. The predicted octanol–water partition coefficient (Wildman–Crippen LogP) is -0.217. The standard InChI is InChI=1S/C12H22N2O3S/c1-9-4-11(7-13-5-9)12(15)14-6-10-2-3-18(16,17)8-10/h9-11,13H,2-8H2,1H3,(H,14,15). The zero-order valence-electron chi connectivity index (χ0n) is 10.8. The summed E-state index contributed by atoms with van der Waals surface area (Å²) < 4.78 is 22.6. The number of sulfone groups is 1. The molecule has 2 aliphatic rings. The van der Waals surface area contributed by atoms with Crippen LogP contribution in [0.2, 0.25) is 0 Å². The van der Waals surface area contributed by atoms with Gasteiger partial charge in [0.05, 0.1) is 17.4 Å². The molecule has 0 aromatic heterocycles. The summed E-state index contributed by atoms with van der Waals surface area (Å²) in [6.45, 7) is 4.35. The van der Waals surface area contributed by atoms with Crippen LogP contribution in [0.15, 0.2) is 0 Å². The molecule has 0 radical (unpaired) electrons. The third kappa shape index (κ3) is 3.68. The van der Waals surface area contributed by atoms with Gasteiger partial charge in [0.2, 0.25) is 5.91 Å². The van der Waals surface area contributed by atoms with Gasteiger partial charge in [-0.05, 0) is 31.2 Å². The molecule has 0 aromatic carbocycles. The predicted molar refractivity (Wildman–Crippen MR) is 69.9 cm³/mol. The molecule has 3 unspecified atom stereocenters. The van der Waals surface area contributed by atoms with Gasteiger partial charge in [0.1, 0.15) is 0 Å². The highest BCUT2D eigenvalue weighted by molar-refractivity contribution is 7.91. The number of carbonyl (C=O) groups excluding carboxylic acids is 1. The topological polar surface area (TPSA) is 75.3 Å². The molecule has 6 heteroatoms. The molecular formula is C12H22N2O3S. The minimum Gasteiger partial charge on any atom is -0.356 e. The quantitative estimate of drug-likeness (QED) is 0.746. The monoisotopic (exact) mass is 274 g/mol. The first-order chi connectivity index (χ1) is 8.46. The van der Waals surface area contributed by atoms with Crippen molar-refractivity contribution < 1.29 is 13.2 Å². The number of piperidine rings is 1. The van der Waals surface area contributed by atoms with Gasteiger partial charge in [-0.25, -0.2) is 8.42 Å². The fourth-order valence-corrected chi connectivity index (χ4v) is 4.64.